The van der Waals surface area contributed by atoms with Gasteiger partial charge in [0.15, 0.2) is 5.82 Å². The third kappa shape index (κ3) is 2.17. The first-order chi connectivity index (χ1) is 8.49. The maximum atomic E-state index is 13.4. The number of halogens is 2. The van der Waals surface area contributed by atoms with Crippen LogP contribution < -0.4 is 11.5 Å². The lowest BCUT2D eigenvalue weighted by Gasteiger charge is -2.06. The van der Waals surface area contributed by atoms with Gasteiger partial charge in [0.2, 0.25) is 5.95 Å². The van der Waals surface area contributed by atoms with Gasteiger partial charge in [-0.3, -0.25) is 0 Å². The number of hydrogen-bond acceptors (Lipinski definition) is 4. The second-order valence-electron chi connectivity index (χ2n) is 3.54. The Morgan fingerprint density at radius 2 is 2.17 bits per heavy atom. The van der Waals surface area contributed by atoms with Crippen LogP contribution >= 0.6 is 0 Å². The molecular weight excluding hydrogens is 246 g/mol. The Labute approximate surface area is 100 Å². The highest BCUT2D eigenvalue weighted by atomic mass is 19.1. The Hall–Kier alpha value is -2.38. The number of nitrogen functional groups attached to an aromatic ring is 1. The fourth-order valence-electron chi connectivity index (χ4n) is 1.64. The molecule has 0 aliphatic rings. The van der Waals surface area contributed by atoms with Crippen molar-refractivity contribution < 1.29 is 18.3 Å². The standard InChI is InChI=1S/C10H10F2N4O2/c11-5-3-6(12)8-7(4-5)16(9(13)15-8)1-2-18-10(14)17/h3-4H,1-2H2,(H2,13,15)(H2,14,17). The Morgan fingerprint density at radius 3 is 2.83 bits per heavy atom. The number of carbonyl (C=O) groups is 1. The molecule has 0 fully saturated rings. The predicted molar refractivity (Wildman–Crippen MR) is 59.6 cm³/mol. The zero-order valence-corrected chi connectivity index (χ0v) is 9.19. The number of aromatic nitrogens is 2. The fraction of sp³-hybridized carbons (Fsp3) is 0.200. The quantitative estimate of drug-likeness (QED) is 0.855. The van der Waals surface area contributed by atoms with E-state index >= 15 is 0 Å². The van der Waals surface area contributed by atoms with Crippen LogP contribution in [0, 0.1) is 11.6 Å². The molecule has 1 aromatic heterocycles. The minimum atomic E-state index is -0.935. The highest BCUT2D eigenvalue weighted by Gasteiger charge is 2.13. The third-order valence-corrected chi connectivity index (χ3v) is 2.36. The smallest absolute Gasteiger partial charge is 0.404 e. The average Bonchev–Trinajstić information content (AvgIpc) is 2.56. The summed E-state index contributed by atoms with van der Waals surface area (Å²) in [7, 11) is 0. The van der Waals surface area contributed by atoms with Crippen LogP contribution in [-0.4, -0.2) is 22.3 Å². The van der Waals surface area contributed by atoms with Gasteiger partial charge in [-0.15, -0.1) is 0 Å². The summed E-state index contributed by atoms with van der Waals surface area (Å²) in [6, 6.07) is 1.82. The van der Waals surface area contributed by atoms with Crippen molar-refractivity contribution in [2.24, 2.45) is 5.73 Å². The molecule has 0 saturated carbocycles. The lowest BCUT2D eigenvalue weighted by Crippen LogP contribution is -2.17. The summed E-state index contributed by atoms with van der Waals surface area (Å²) in [5, 5.41) is 0. The van der Waals surface area contributed by atoms with Crippen molar-refractivity contribution in [3.05, 3.63) is 23.8 Å². The average molecular weight is 256 g/mol. The molecule has 0 aliphatic carbocycles. The number of imidazole rings is 1. The third-order valence-electron chi connectivity index (χ3n) is 2.36. The topological polar surface area (TPSA) is 96.2 Å². The van der Waals surface area contributed by atoms with Crippen LogP contribution in [0.25, 0.3) is 11.0 Å². The molecular formula is C10H10F2N4O2. The van der Waals surface area contributed by atoms with Gasteiger partial charge in [0, 0.05) is 12.1 Å². The van der Waals surface area contributed by atoms with Gasteiger partial charge in [-0.2, -0.15) is 0 Å². The maximum absolute atomic E-state index is 13.4. The molecule has 1 heterocycles. The van der Waals surface area contributed by atoms with E-state index in [0.29, 0.717) is 0 Å². The number of fused-ring (bicyclic) bond motifs is 1. The predicted octanol–water partition coefficient (Wildman–Crippen LogP) is 0.992. The number of rotatable bonds is 3. The highest BCUT2D eigenvalue weighted by molar-refractivity contribution is 5.79. The van der Waals surface area contributed by atoms with E-state index < -0.39 is 17.7 Å². The van der Waals surface area contributed by atoms with Crippen molar-refractivity contribution in [1.29, 1.82) is 0 Å². The van der Waals surface area contributed by atoms with Gasteiger partial charge in [-0.25, -0.2) is 18.6 Å². The van der Waals surface area contributed by atoms with Crippen molar-refractivity contribution in [2.75, 3.05) is 12.3 Å². The number of amides is 1. The zero-order valence-electron chi connectivity index (χ0n) is 9.19. The van der Waals surface area contributed by atoms with E-state index in [2.05, 4.69) is 9.72 Å². The van der Waals surface area contributed by atoms with Crippen LogP contribution in [0.5, 0.6) is 0 Å². The number of anilines is 1. The minimum Gasteiger partial charge on any atom is -0.448 e. The first-order valence-electron chi connectivity index (χ1n) is 5.02. The van der Waals surface area contributed by atoms with E-state index in [1.54, 1.807) is 0 Å². The Balaban J connectivity index is 2.37. The molecule has 4 N–H and O–H groups in total. The van der Waals surface area contributed by atoms with Crippen LogP contribution in [0.1, 0.15) is 0 Å². The molecule has 0 saturated heterocycles. The molecule has 1 amide bonds. The number of benzene rings is 1. The Kier molecular flexibility index (Phi) is 3.00. The van der Waals surface area contributed by atoms with Crippen LogP contribution in [0.4, 0.5) is 19.5 Å². The summed E-state index contributed by atoms with van der Waals surface area (Å²) >= 11 is 0. The SMILES string of the molecule is NC(=O)OCCn1c(N)nc2c(F)cc(F)cc21. The van der Waals surface area contributed by atoms with Gasteiger partial charge in [0.1, 0.15) is 17.9 Å². The number of hydrogen-bond donors (Lipinski definition) is 2. The second-order valence-corrected chi connectivity index (χ2v) is 3.54. The van der Waals surface area contributed by atoms with E-state index in [0.717, 1.165) is 12.1 Å². The Bertz CT molecular complexity index is 611. The summed E-state index contributed by atoms with van der Waals surface area (Å²) in [6.45, 7) is 0.0390. The van der Waals surface area contributed by atoms with Crippen LogP contribution in [0.3, 0.4) is 0 Å². The van der Waals surface area contributed by atoms with Crippen LogP contribution in [0.2, 0.25) is 0 Å². The molecule has 18 heavy (non-hydrogen) atoms. The van der Waals surface area contributed by atoms with Crippen molar-refractivity contribution >= 4 is 23.1 Å². The Morgan fingerprint density at radius 1 is 1.44 bits per heavy atom. The molecule has 0 bridgehead atoms. The molecule has 6 nitrogen and oxygen atoms in total. The van der Waals surface area contributed by atoms with Crippen molar-refractivity contribution in [2.45, 2.75) is 6.54 Å². The summed E-state index contributed by atoms with van der Waals surface area (Å²) in [5.74, 6) is -1.54. The van der Waals surface area contributed by atoms with Gasteiger partial charge in [0.05, 0.1) is 12.1 Å². The van der Waals surface area contributed by atoms with E-state index in [9.17, 15) is 13.6 Å². The van der Waals surface area contributed by atoms with E-state index in [4.69, 9.17) is 11.5 Å². The van der Waals surface area contributed by atoms with Gasteiger partial charge in [0.25, 0.3) is 0 Å². The first-order valence-corrected chi connectivity index (χ1v) is 5.02. The molecule has 96 valence electrons. The summed E-state index contributed by atoms with van der Waals surface area (Å²) in [6.07, 6.45) is -0.935. The molecule has 0 spiro atoms. The highest BCUT2D eigenvalue weighted by Crippen LogP contribution is 2.21. The maximum Gasteiger partial charge on any atom is 0.404 e. The largest absolute Gasteiger partial charge is 0.448 e. The monoisotopic (exact) mass is 256 g/mol. The summed E-state index contributed by atoms with van der Waals surface area (Å²) < 4.78 is 32.4. The lowest BCUT2D eigenvalue weighted by atomic mass is 10.3. The van der Waals surface area contributed by atoms with Crippen LogP contribution in [-0.2, 0) is 11.3 Å². The normalized spacial score (nSPS) is 10.8. The lowest BCUT2D eigenvalue weighted by molar-refractivity contribution is 0.153. The summed E-state index contributed by atoms with van der Waals surface area (Å²) in [4.78, 5) is 14.2. The molecule has 2 aromatic rings. The fourth-order valence-corrected chi connectivity index (χ4v) is 1.64. The van der Waals surface area contributed by atoms with Gasteiger partial charge in [-0.05, 0) is 0 Å². The number of nitrogens with zero attached hydrogens (tertiary/aromatic N) is 2. The zero-order chi connectivity index (χ0) is 13.3. The van der Waals surface area contributed by atoms with E-state index in [-0.39, 0.29) is 30.1 Å². The van der Waals surface area contributed by atoms with Crippen LogP contribution in [0.15, 0.2) is 12.1 Å². The van der Waals surface area contributed by atoms with Gasteiger partial charge in [-0.1, -0.05) is 0 Å². The molecule has 8 heteroatoms. The number of nitrogens with two attached hydrogens (primary N) is 2. The number of ether oxygens (including phenoxy) is 1. The van der Waals surface area contributed by atoms with Crippen molar-refractivity contribution in [3.8, 4) is 0 Å². The molecule has 0 radical (unpaired) electrons. The van der Waals surface area contributed by atoms with Gasteiger partial charge >= 0.3 is 6.09 Å². The van der Waals surface area contributed by atoms with E-state index in [1.165, 1.54) is 4.57 Å². The minimum absolute atomic E-state index is 0.00238. The van der Waals surface area contributed by atoms with Crippen molar-refractivity contribution in [3.63, 3.8) is 0 Å². The second kappa shape index (κ2) is 4.47. The summed E-state index contributed by atoms with van der Waals surface area (Å²) in [5.41, 5.74) is 10.5. The first kappa shape index (κ1) is 12.1. The van der Waals surface area contributed by atoms with Crippen molar-refractivity contribution in [1.82, 2.24) is 9.55 Å². The number of carbonyl (C=O) groups excluding carboxylic acids is 1. The molecule has 1 aromatic carbocycles. The van der Waals surface area contributed by atoms with E-state index in [1.807, 2.05) is 0 Å². The van der Waals surface area contributed by atoms with Gasteiger partial charge < -0.3 is 20.8 Å². The molecule has 0 unspecified atom stereocenters. The molecule has 2 rings (SSSR count). The molecule has 0 atom stereocenters. The molecule has 0 aliphatic heterocycles. The number of primary amides is 1.